The molecule has 2 rings (SSSR count). The average Bonchev–Trinajstić information content (AvgIpc) is 2.46. The number of rotatable bonds is 4. The van der Waals surface area contributed by atoms with Crippen molar-refractivity contribution in [2.24, 2.45) is 5.73 Å². The van der Waals surface area contributed by atoms with E-state index in [1.54, 1.807) is 6.07 Å². The van der Waals surface area contributed by atoms with Gasteiger partial charge in [0.1, 0.15) is 4.90 Å². The van der Waals surface area contributed by atoms with Crippen LogP contribution >= 0.6 is 15.9 Å². The van der Waals surface area contributed by atoms with Crippen molar-refractivity contribution >= 4 is 26.0 Å². The van der Waals surface area contributed by atoms with E-state index in [1.165, 1.54) is 24.6 Å². The highest BCUT2D eigenvalue weighted by Crippen LogP contribution is 2.37. The van der Waals surface area contributed by atoms with Crippen LogP contribution in [0, 0.1) is 0 Å². The lowest BCUT2D eigenvalue weighted by atomic mass is 10.1. The molecule has 2 N–H and O–H groups in total. The first-order valence-electron chi connectivity index (χ1n) is 6.57. The molecule has 6 nitrogen and oxygen atoms in total. The van der Waals surface area contributed by atoms with E-state index in [2.05, 4.69) is 15.9 Å². The van der Waals surface area contributed by atoms with E-state index >= 15 is 0 Å². The summed E-state index contributed by atoms with van der Waals surface area (Å²) in [6.45, 7) is 0.819. The Morgan fingerprint density at radius 1 is 1.29 bits per heavy atom. The normalized spacial score (nSPS) is 20.3. The monoisotopic (exact) mass is 378 g/mol. The van der Waals surface area contributed by atoms with Gasteiger partial charge in [-0.1, -0.05) is 0 Å². The van der Waals surface area contributed by atoms with Gasteiger partial charge in [0.2, 0.25) is 10.0 Å². The van der Waals surface area contributed by atoms with Crippen LogP contribution in [-0.4, -0.2) is 46.1 Å². The molecule has 0 aromatic heterocycles. The quantitative estimate of drug-likeness (QED) is 0.859. The maximum atomic E-state index is 12.8. The fourth-order valence-electron chi connectivity index (χ4n) is 2.36. The van der Waals surface area contributed by atoms with Crippen molar-refractivity contribution < 1.29 is 17.9 Å². The first-order chi connectivity index (χ1) is 9.90. The zero-order valence-corrected chi connectivity index (χ0v) is 14.4. The van der Waals surface area contributed by atoms with Gasteiger partial charge in [-0.05, 0) is 34.8 Å². The van der Waals surface area contributed by atoms with Crippen LogP contribution in [0.4, 0.5) is 0 Å². The van der Waals surface area contributed by atoms with Gasteiger partial charge in [-0.15, -0.1) is 0 Å². The number of methoxy groups -OCH3 is 2. The van der Waals surface area contributed by atoms with Gasteiger partial charge < -0.3 is 15.2 Å². The van der Waals surface area contributed by atoms with Gasteiger partial charge in [-0.25, -0.2) is 8.42 Å². The highest BCUT2D eigenvalue weighted by Gasteiger charge is 2.31. The number of hydrogen-bond donors (Lipinski definition) is 1. The van der Waals surface area contributed by atoms with Gasteiger partial charge >= 0.3 is 0 Å². The SMILES string of the molecule is COc1cc(Br)c(S(=O)(=O)N2CCCC(N)C2)cc1OC. The largest absolute Gasteiger partial charge is 0.493 e. The molecule has 1 aromatic carbocycles. The Kier molecular flexibility index (Phi) is 5.13. The Hall–Kier alpha value is -0.830. The van der Waals surface area contributed by atoms with Crippen LogP contribution in [0.15, 0.2) is 21.5 Å². The van der Waals surface area contributed by atoms with Crippen LogP contribution in [0.1, 0.15) is 12.8 Å². The van der Waals surface area contributed by atoms with Crippen molar-refractivity contribution in [3.63, 3.8) is 0 Å². The van der Waals surface area contributed by atoms with Crippen LogP contribution in [0.2, 0.25) is 0 Å². The van der Waals surface area contributed by atoms with E-state index in [1.807, 2.05) is 0 Å². The zero-order chi connectivity index (χ0) is 15.6. The topological polar surface area (TPSA) is 81.9 Å². The molecule has 0 spiro atoms. The Labute approximate surface area is 133 Å². The molecular weight excluding hydrogens is 360 g/mol. The lowest BCUT2D eigenvalue weighted by Gasteiger charge is -2.30. The minimum Gasteiger partial charge on any atom is -0.493 e. The van der Waals surface area contributed by atoms with Crippen molar-refractivity contribution in [3.8, 4) is 11.5 Å². The summed E-state index contributed by atoms with van der Waals surface area (Å²) in [4.78, 5) is 0.161. The first-order valence-corrected chi connectivity index (χ1v) is 8.80. The van der Waals surface area contributed by atoms with Crippen molar-refractivity contribution in [1.82, 2.24) is 4.31 Å². The second-order valence-corrected chi connectivity index (χ2v) is 7.66. The van der Waals surface area contributed by atoms with E-state index in [-0.39, 0.29) is 10.9 Å². The number of halogens is 1. The number of benzene rings is 1. The van der Waals surface area contributed by atoms with E-state index < -0.39 is 10.0 Å². The van der Waals surface area contributed by atoms with Crippen LogP contribution in [0.25, 0.3) is 0 Å². The molecule has 1 heterocycles. The smallest absolute Gasteiger partial charge is 0.244 e. The number of piperidine rings is 1. The van der Waals surface area contributed by atoms with Crippen LogP contribution in [0.3, 0.4) is 0 Å². The fraction of sp³-hybridized carbons (Fsp3) is 0.538. The molecule has 1 aliphatic rings. The van der Waals surface area contributed by atoms with Crippen LogP contribution in [-0.2, 0) is 10.0 Å². The van der Waals surface area contributed by atoms with E-state index in [4.69, 9.17) is 15.2 Å². The molecule has 1 aromatic rings. The summed E-state index contributed by atoms with van der Waals surface area (Å²) in [7, 11) is -0.639. The second kappa shape index (κ2) is 6.51. The molecule has 21 heavy (non-hydrogen) atoms. The lowest BCUT2D eigenvalue weighted by molar-refractivity contribution is 0.315. The van der Waals surface area contributed by atoms with Crippen molar-refractivity contribution in [1.29, 1.82) is 0 Å². The maximum Gasteiger partial charge on any atom is 0.244 e. The van der Waals surface area contributed by atoms with Crippen molar-refractivity contribution in [2.45, 2.75) is 23.8 Å². The summed E-state index contributed by atoms with van der Waals surface area (Å²) in [5, 5.41) is 0. The molecular formula is C13H19BrN2O4S. The lowest BCUT2D eigenvalue weighted by Crippen LogP contribution is -2.45. The summed E-state index contributed by atoms with van der Waals surface area (Å²) in [6.07, 6.45) is 1.62. The highest BCUT2D eigenvalue weighted by atomic mass is 79.9. The highest BCUT2D eigenvalue weighted by molar-refractivity contribution is 9.10. The molecule has 8 heteroatoms. The van der Waals surface area contributed by atoms with Gasteiger partial charge in [-0.2, -0.15) is 4.31 Å². The number of nitrogens with zero attached hydrogens (tertiary/aromatic N) is 1. The van der Waals surface area contributed by atoms with Crippen molar-refractivity contribution in [3.05, 3.63) is 16.6 Å². The minimum atomic E-state index is -3.61. The molecule has 0 saturated carbocycles. The van der Waals surface area contributed by atoms with Gasteiger partial charge in [0, 0.05) is 29.7 Å². The van der Waals surface area contributed by atoms with E-state index in [9.17, 15) is 8.42 Å². The molecule has 1 atom stereocenters. The molecule has 1 fully saturated rings. The molecule has 1 unspecified atom stereocenters. The zero-order valence-electron chi connectivity index (χ0n) is 12.0. The molecule has 0 amide bonds. The Bertz CT molecular complexity index is 621. The number of ether oxygens (including phenoxy) is 2. The molecule has 1 aliphatic heterocycles. The summed E-state index contributed by atoms with van der Waals surface area (Å²) < 4.78 is 37.7. The number of hydrogen-bond acceptors (Lipinski definition) is 5. The standard InChI is InChI=1S/C13H19BrN2O4S/c1-19-11-6-10(14)13(7-12(11)20-2)21(17,18)16-5-3-4-9(15)8-16/h6-7,9H,3-5,8,15H2,1-2H3. The molecule has 0 aliphatic carbocycles. The predicted molar refractivity (Wildman–Crippen MR) is 83.2 cm³/mol. The third-order valence-corrected chi connectivity index (χ3v) is 6.30. The second-order valence-electron chi connectivity index (χ2n) is 4.90. The van der Waals surface area contributed by atoms with Gasteiger partial charge in [-0.3, -0.25) is 0 Å². The molecule has 0 bridgehead atoms. The minimum absolute atomic E-state index is 0.118. The fourth-order valence-corrected chi connectivity index (χ4v) is 4.90. The Morgan fingerprint density at radius 2 is 1.90 bits per heavy atom. The Morgan fingerprint density at radius 3 is 2.48 bits per heavy atom. The molecule has 1 saturated heterocycles. The van der Waals surface area contributed by atoms with Crippen LogP contribution < -0.4 is 15.2 Å². The first kappa shape index (κ1) is 16.5. The number of nitrogens with two attached hydrogens (primary N) is 1. The summed E-state index contributed by atoms with van der Waals surface area (Å²) in [6, 6.07) is 2.95. The summed E-state index contributed by atoms with van der Waals surface area (Å²) in [5.41, 5.74) is 5.88. The third-order valence-electron chi connectivity index (χ3n) is 3.48. The number of sulfonamides is 1. The molecule has 118 valence electrons. The average molecular weight is 379 g/mol. The van der Waals surface area contributed by atoms with E-state index in [0.717, 1.165) is 12.8 Å². The summed E-state index contributed by atoms with van der Waals surface area (Å²) in [5.74, 6) is 0.847. The van der Waals surface area contributed by atoms with E-state index in [0.29, 0.717) is 29.1 Å². The predicted octanol–water partition coefficient (Wildman–Crippen LogP) is 1.58. The van der Waals surface area contributed by atoms with Crippen molar-refractivity contribution in [2.75, 3.05) is 27.3 Å². The van der Waals surface area contributed by atoms with Crippen LogP contribution in [0.5, 0.6) is 11.5 Å². The summed E-state index contributed by atoms with van der Waals surface area (Å²) >= 11 is 3.30. The Balaban J connectivity index is 2.44. The van der Waals surface area contributed by atoms with Gasteiger partial charge in [0.15, 0.2) is 11.5 Å². The van der Waals surface area contributed by atoms with Gasteiger partial charge in [0.05, 0.1) is 14.2 Å². The molecule has 0 radical (unpaired) electrons. The third kappa shape index (κ3) is 3.33. The maximum absolute atomic E-state index is 12.8. The van der Waals surface area contributed by atoms with Gasteiger partial charge in [0.25, 0.3) is 0 Å².